The molecule has 0 aliphatic carbocycles. The fraction of sp³-hybridized carbons (Fsp3) is 0.450. The van der Waals surface area contributed by atoms with Crippen molar-refractivity contribution in [1.29, 1.82) is 0 Å². The van der Waals surface area contributed by atoms with E-state index in [0.717, 1.165) is 22.6 Å². The number of carbonyl (C=O) groups is 1. The SMILES string of the molecule is [2H]C([2H])(CCC1(F)CCN(C(=O)c2ccc(F)c(Cl)c2)C([2H])([2H])C1)c1ncc(C)cn1. The van der Waals surface area contributed by atoms with Crippen molar-refractivity contribution in [1.82, 2.24) is 14.9 Å². The van der Waals surface area contributed by atoms with Gasteiger partial charge in [0.15, 0.2) is 0 Å². The number of nitrogens with zero attached hydrogens (tertiary/aromatic N) is 3. The highest BCUT2D eigenvalue weighted by Crippen LogP contribution is 2.32. The van der Waals surface area contributed by atoms with Crippen LogP contribution in [-0.2, 0) is 6.37 Å². The molecule has 144 valence electrons. The number of aryl methyl sites for hydroxylation is 2. The molecule has 0 bridgehead atoms. The molecule has 1 atom stereocenters. The predicted octanol–water partition coefficient (Wildman–Crippen LogP) is 4.54. The van der Waals surface area contributed by atoms with E-state index in [0.29, 0.717) is 0 Å². The van der Waals surface area contributed by atoms with Gasteiger partial charge in [-0.25, -0.2) is 18.7 Å². The number of piperidine rings is 1. The third-order valence-corrected chi connectivity index (χ3v) is 4.71. The minimum absolute atomic E-state index is 0.00878. The maximum absolute atomic E-state index is 15.5. The Balaban J connectivity index is 1.70. The van der Waals surface area contributed by atoms with Crippen molar-refractivity contribution in [2.24, 2.45) is 0 Å². The van der Waals surface area contributed by atoms with Crippen LogP contribution in [0.4, 0.5) is 8.78 Å². The lowest BCUT2D eigenvalue weighted by atomic mass is 9.88. The highest BCUT2D eigenvalue weighted by atomic mass is 35.5. The Morgan fingerprint density at radius 3 is 2.81 bits per heavy atom. The zero-order valence-corrected chi connectivity index (χ0v) is 15.6. The van der Waals surface area contributed by atoms with Gasteiger partial charge in [0, 0.05) is 42.9 Å². The molecule has 4 nitrogen and oxygen atoms in total. The number of alkyl halides is 1. The topological polar surface area (TPSA) is 46.1 Å². The Morgan fingerprint density at radius 1 is 1.41 bits per heavy atom. The Labute approximate surface area is 168 Å². The van der Waals surface area contributed by atoms with Crippen LogP contribution < -0.4 is 0 Å². The van der Waals surface area contributed by atoms with Gasteiger partial charge in [-0.1, -0.05) is 11.6 Å². The minimum Gasteiger partial charge on any atom is -0.338 e. The summed E-state index contributed by atoms with van der Waals surface area (Å²) in [6.45, 7) is -0.744. The zero-order valence-electron chi connectivity index (χ0n) is 18.8. The average Bonchev–Trinajstić information content (AvgIpc) is 2.68. The van der Waals surface area contributed by atoms with Crippen molar-refractivity contribution < 1.29 is 19.1 Å². The molecule has 1 amide bonds. The molecule has 1 fully saturated rings. The van der Waals surface area contributed by atoms with Crippen LogP contribution in [0, 0.1) is 12.7 Å². The molecule has 3 rings (SSSR count). The number of aromatic nitrogens is 2. The Bertz CT molecular complexity index is 977. The summed E-state index contributed by atoms with van der Waals surface area (Å²) in [5, 5.41) is -0.260. The fourth-order valence-corrected chi connectivity index (χ4v) is 2.95. The van der Waals surface area contributed by atoms with Gasteiger partial charge in [-0.2, -0.15) is 0 Å². The van der Waals surface area contributed by atoms with Crippen LogP contribution in [0.25, 0.3) is 0 Å². The summed E-state index contributed by atoms with van der Waals surface area (Å²) in [5.41, 5.74) is -1.22. The second-order valence-corrected chi connectivity index (χ2v) is 6.99. The molecular formula is C20H22ClF2N3O. The van der Waals surface area contributed by atoms with Gasteiger partial charge in [0.1, 0.15) is 17.3 Å². The molecular weight excluding hydrogens is 372 g/mol. The molecule has 1 unspecified atom stereocenters. The number of halogens is 3. The second-order valence-electron chi connectivity index (χ2n) is 6.58. The minimum atomic E-state index is -2.31. The number of hydrogen-bond acceptors (Lipinski definition) is 3. The number of carbonyl (C=O) groups excluding carboxylic acids is 1. The third-order valence-electron chi connectivity index (χ3n) is 4.42. The van der Waals surface area contributed by atoms with Crippen molar-refractivity contribution in [3.8, 4) is 0 Å². The van der Waals surface area contributed by atoms with E-state index in [2.05, 4.69) is 9.97 Å². The third kappa shape index (κ3) is 5.01. The lowest BCUT2D eigenvalue weighted by Gasteiger charge is -2.36. The lowest BCUT2D eigenvalue weighted by molar-refractivity contribution is 0.0389. The van der Waals surface area contributed by atoms with Crippen LogP contribution in [0.15, 0.2) is 30.6 Å². The summed E-state index contributed by atoms with van der Waals surface area (Å²) >= 11 is 5.71. The van der Waals surface area contributed by atoms with Crippen molar-refractivity contribution >= 4 is 17.5 Å². The van der Waals surface area contributed by atoms with E-state index < -0.39 is 36.7 Å². The molecule has 2 heterocycles. The van der Waals surface area contributed by atoms with E-state index in [1.54, 1.807) is 6.92 Å². The number of benzene rings is 1. The highest BCUT2D eigenvalue weighted by molar-refractivity contribution is 6.31. The first-order chi connectivity index (χ1) is 14.3. The molecule has 0 radical (unpaired) electrons. The molecule has 2 aromatic rings. The Morgan fingerprint density at radius 2 is 2.15 bits per heavy atom. The van der Waals surface area contributed by atoms with Crippen molar-refractivity contribution in [2.45, 2.75) is 44.6 Å². The van der Waals surface area contributed by atoms with E-state index in [1.165, 1.54) is 18.5 Å². The summed E-state index contributed by atoms with van der Waals surface area (Å²) in [7, 11) is 0. The molecule has 0 saturated carbocycles. The van der Waals surface area contributed by atoms with Crippen molar-refractivity contribution in [3.05, 3.63) is 58.4 Å². The fourth-order valence-electron chi connectivity index (χ4n) is 2.77. The first-order valence-electron chi connectivity index (χ1n) is 10.6. The molecule has 1 aliphatic rings. The van der Waals surface area contributed by atoms with E-state index in [1.807, 2.05) is 0 Å². The lowest BCUT2D eigenvalue weighted by Crippen LogP contribution is -2.44. The molecule has 1 aromatic carbocycles. The number of hydrogen-bond donors (Lipinski definition) is 0. The van der Waals surface area contributed by atoms with Gasteiger partial charge < -0.3 is 4.90 Å². The molecule has 0 N–H and O–H groups in total. The maximum atomic E-state index is 15.5. The smallest absolute Gasteiger partial charge is 0.253 e. The second kappa shape index (κ2) is 8.30. The van der Waals surface area contributed by atoms with Crippen LogP contribution in [0.1, 0.15) is 52.9 Å². The van der Waals surface area contributed by atoms with Gasteiger partial charge in [-0.3, -0.25) is 4.79 Å². The highest BCUT2D eigenvalue weighted by Gasteiger charge is 2.35. The standard InChI is InChI=1S/C20H22ClF2N3O/c1-14-12-24-18(25-13-14)3-2-6-20(23)7-9-26(10-8-20)19(27)15-4-5-17(22)16(21)11-15/h4-5,11-13H,2-3,6-10H2,1H3/i3D2,9D2. The van der Waals surface area contributed by atoms with Gasteiger partial charge in [0.25, 0.3) is 5.91 Å². The molecule has 7 heteroatoms. The molecule has 1 aliphatic heterocycles. The predicted molar refractivity (Wildman–Crippen MR) is 100 cm³/mol. The van der Waals surface area contributed by atoms with E-state index in [-0.39, 0.29) is 42.2 Å². The van der Waals surface area contributed by atoms with Crippen LogP contribution in [0.5, 0.6) is 0 Å². The van der Waals surface area contributed by atoms with Crippen LogP contribution in [0.3, 0.4) is 0 Å². The van der Waals surface area contributed by atoms with Gasteiger partial charge in [0.2, 0.25) is 0 Å². The van der Waals surface area contributed by atoms with Crippen LogP contribution >= 0.6 is 11.6 Å². The van der Waals surface area contributed by atoms with Gasteiger partial charge in [0.05, 0.1) is 5.02 Å². The normalized spacial score (nSPS) is 24.5. The molecule has 1 aromatic heterocycles. The van der Waals surface area contributed by atoms with Gasteiger partial charge >= 0.3 is 0 Å². The largest absolute Gasteiger partial charge is 0.338 e. The summed E-state index contributed by atoms with van der Waals surface area (Å²) in [6, 6.07) is 3.33. The summed E-state index contributed by atoms with van der Waals surface area (Å²) < 4.78 is 61.7. The first kappa shape index (κ1) is 14.9. The van der Waals surface area contributed by atoms with Gasteiger partial charge in [-0.15, -0.1) is 0 Å². The monoisotopic (exact) mass is 397 g/mol. The summed E-state index contributed by atoms with van der Waals surface area (Å²) in [6.07, 6.45) is -0.252. The number of rotatable bonds is 5. The van der Waals surface area contributed by atoms with E-state index in [4.69, 9.17) is 17.1 Å². The quantitative estimate of drug-likeness (QED) is 0.743. The maximum Gasteiger partial charge on any atom is 0.253 e. The molecule has 27 heavy (non-hydrogen) atoms. The first-order valence-corrected chi connectivity index (χ1v) is 8.96. The average molecular weight is 398 g/mol. The summed E-state index contributed by atoms with van der Waals surface area (Å²) in [4.78, 5) is 21.6. The van der Waals surface area contributed by atoms with Crippen molar-refractivity contribution in [3.63, 3.8) is 0 Å². The van der Waals surface area contributed by atoms with Crippen molar-refractivity contribution in [2.75, 3.05) is 13.0 Å². The molecule has 1 saturated heterocycles. The molecule has 0 spiro atoms. The number of likely N-dealkylation sites (tertiary alicyclic amines) is 1. The van der Waals surface area contributed by atoms with Crippen LogP contribution in [-0.4, -0.2) is 39.5 Å². The van der Waals surface area contributed by atoms with E-state index >= 15 is 4.39 Å². The van der Waals surface area contributed by atoms with Gasteiger partial charge in [-0.05, 0) is 56.4 Å². The number of amides is 1. The van der Waals surface area contributed by atoms with Crippen LogP contribution in [0.2, 0.25) is 5.02 Å². The Hall–Kier alpha value is -2.08. The van der Waals surface area contributed by atoms with E-state index in [9.17, 15) is 9.18 Å². The summed E-state index contributed by atoms with van der Waals surface area (Å²) in [5.74, 6) is -1.46. The Kier molecular flexibility index (Phi) is 4.58. The zero-order chi connectivity index (χ0) is 23.0.